The number of oxime groups is 1. The van der Waals surface area contributed by atoms with Gasteiger partial charge in [0, 0.05) is 11.8 Å². The number of ether oxygens (including phenoxy) is 1. The molecule has 0 aliphatic carbocycles. The second kappa shape index (κ2) is 10.5. The second-order valence-electron chi connectivity index (χ2n) is 7.32. The van der Waals surface area contributed by atoms with Gasteiger partial charge in [-0.1, -0.05) is 39.3 Å². The van der Waals surface area contributed by atoms with Gasteiger partial charge in [-0.15, -0.1) is 11.8 Å². The highest BCUT2D eigenvalue weighted by atomic mass is 35.5. The number of nitrogens with zero attached hydrogens (tertiary/aromatic N) is 4. The molecule has 2 aromatic heterocycles. The number of fused-ring (bicyclic) bond motifs is 1. The van der Waals surface area contributed by atoms with Gasteiger partial charge in [0.25, 0.3) is 11.8 Å². The number of nitrogens with one attached hydrogen (secondary N) is 1. The SMILES string of the molecule is NC(=O)OCc1cc(/C=C/C2=C(C(=O)O)N3C(=O)[C@@H](NC(=O)/C(=N\O)c4nc(N)sc4Cl)[C@H]3SC2)on1. The van der Waals surface area contributed by atoms with E-state index in [-0.39, 0.29) is 44.7 Å². The Morgan fingerprint density at radius 3 is 2.78 bits per heavy atom. The molecule has 2 aromatic rings. The molecule has 1 fully saturated rings. The number of aromatic nitrogens is 2. The third-order valence-electron chi connectivity index (χ3n) is 5.02. The molecule has 0 bridgehead atoms. The first-order valence-electron chi connectivity index (χ1n) is 10.0. The zero-order chi connectivity index (χ0) is 26.9. The highest BCUT2D eigenvalue weighted by Crippen LogP contribution is 2.41. The van der Waals surface area contributed by atoms with E-state index < -0.39 is 41.0 Å². The molecule has 194 valence electrons. The molecule has 2 aliphatic rings. The molecular formula is C19H16ClN7O8S2. The fourth-order valence-electron chi connectivity index (χ4n) is 3.45. The maximum atomic E-state index is 12.8. The van der Waals surface area contributed by atoms with Gasteiger partial charge in [0.05, 0.1) is 0 Å². The highest BCUT2D eigenvalue weighted by Gasteiger charge is 2.54. The first-order chi connectivity index (χ1) is 17.6. The summed E-state index contributed by atoms with van der Waals surface area (Å²) in [5.74, 6) is -2.55. The molecule has 0 saturated carbocycles. The number of halogens is 1. The lowest BCUT2D eigenvalue weighted by Crippen LogP contribution is -2.71. The first-order valence-corrected chi connectivity index (χ1v) is 12.3. The number of primary amides is 1. The Morgan fingerprint density at radius 1 is 1.41 bits per heavy atom. The molecule has 3 amide bonds. The van der Waals surface area contributed by atoms with E-state index in [2.05, 4.69) is 25.4 Å². The third-order valence-corrected chi connectivity index (χ3v) is 7.40. The average molecular weight is 570 g/mol. The summed E-state index contributed by atoms with van der Waals surface area (Å²) in [7, 11) is 0. The largest absolute Gasteiger partial charge is 0.477 e. The fourth-order valence-corrected chi connectivity index (χ4v) is 5.69. The minimum absolute atomic E-state index is 0.0147. The van der Waals surface area contributed by atoms with Gasteiger partial charge in [0.2, 0.25) is 0 Å². The van der Waals surface area contributed by atoms with Gasteiger partial charge in [-0.05, 0) is 11.6 Å². The van der Waals surface area contributed by atoms with Crippen molar-refractivity contribution in [1.82, 2.24) is 20.4 Å². The molecule has 4 heterocycles. The number of hydrogen-bond acceptors (Lipinski definition) is 13. The number of amides is 3. The molecule has 2 atom stereocenters. The molecule has 0 spiro atoms. The minimum atomic E-state index is -1.35. The van der Waals surface area contributed by atoms with E-state index in [4.69, 9.17) is 27.6 Å². The molecule has 0 aromatic carbocycles. The van der Waals surface area contributed by atoms with Gasteiger partial charge >= 0.3 is 12.1 Å². The van der Waals surface area contributed by atoms with Crippen molar-refractivity contribution < 1.29 is 38.8 Å². The van der Waals surface area contributed by atoms with E-state index in [1.807, 2.05) is 0 Å². The Labute approximate surface area is 219 Å². The number of anilines is 1. The van der Waals surface area contributed by atoms with E-state index in [9.17, 15) is 29.5 Å². The average Bonchev–Trinajstić information content (AvgIpc) is 3.44. The van der Waals surface area contributed by atoms with Crippen molar-refractivity contribution in [2.75, 3.05) is 11.5 Å². The second-order valence-corrected chi connectivity index (χ2v) is 10.1. The van der Waals surface area contributed by atoms with E-state index in [1.165, 1.54) is 30.0 Å². The monoisotopic (exact) mass is 569 g/mol. The normalized spacial score (nSPS) is 19.5. The van der Waals surface area contributed by atoms with Crippen molar-refractivity contribution >= 4 is 75.5 Å². The van der Waals surface area contributed by atoms with Crippen LogP contribution in [0.15, 0.2) is 33.1 Å². The van der Waals surface area contributed by atoms with Crippen LogP contribution >= 0.6 is 34.7 Å². The lowest BCUT2D eigenvalue weighted by atomic mass is 10.0. The summed E-state index contributed by atoms with van der Waals surface area (Å²) in [5, 5.41) is 27.5. The van der Waals surface area contributed by atoms with Crippen LogP contribution in [-0.4, -0.2) is 72.1 Å². The van der Waals surface area contributed by atoms with Gasteiger partial charge in [-0.3, -0.25) is 14.5 Å². The number of carboxylic acids is 1. The van der Waals surface area contributed by atoms with Gasteiger partial charge in [0.1, 0.15) is 39.4 Å². The number of aliphatic carboxylic acids is 1. The number of β-lactam (4-membered cyclic amide) rings is 1. The molecule has 7 N–H and O–H groups in total. The summed E-state index contributed by atoms with van der Waals surface area (Å²) >= 11 is 8.05. The summed E-state index contributed by atoms with van der Waals surface area (Å²) in [6, 6.07) is 0.369. The number of allylic oxidation sites excluding steroid dienone is 1. The van der Waals surface area contributed by atoms with E-state index in [0.29, 0.717) is 5.57 Å². The van der Waals surface area contributed by atoms with Crippen molar-refractivity contribution in [2.45, 2.75) is 18.0 Å². The van der Waals surface area contributed by atoms with Crippen LogP contribution in [0.5, 0.6) is 0 Å². The summed E-state index contributed by atoms with van der Waals surface area (Å²) < 4.78 is 9.71. The lowest BCUT2D eigenvalue weighted by Gasteiger charge is -2.49. The molecule has 37 heavy (non-hydrogen) atoms. The predicted molar refractivity (Wildman–Crippen MR) is 129 cm³/mol. The zero-order valence-electron chi connectivity index (χ0n) is 18.3. The molecule has 2 aliphatic heterocycles. The Hall–Kier alpha value is -4.09. The van der Waals surface area contributed by atoms with Crippen LogP contribution in [0.1, 0.15) is 17.1 Å². The van der Waals surface area contributed by atoms with Gasteiger partial charge in [-0.2, -0.15) is 0 Å². The van der Waals surface area contributed by atoms with Crippen LogP contribution in [0, 0.1) is 0 Å². The van der Waals surface area contributed by atoms with Gasteiger partial charge < -0.3 is 36.4 Å². The van der Waals surface area contributed by atoms with Crippen LogP contribution in [0.4, 0.5) is 9.93 Å². The van der Waals surface area contributed by atoms with Crippen molar-refractivity contribution in [3.63, 3.8) is 0 Å². The van der Waals surface area contributed by atoms with Crippen LogP contribution in [-0.2, 0) is 25.7 Å². The number of nitrogens with two attached hydrogens (primary N) is 2. The number of nitrogen functional groups attached to an aromatic ring is 1. The Kier molecular flexibility index (Phi) is 7.37. The predicted octanol–water partition coefficient (Wildman–Crippen LogP) is 0.592. The summed E-state index contributed by atoms with van der Waals surface area (Å²) in [6.45, 7) is -0.201. The molecule has 4 rings (SSSR count). The van der Waals surface area contributed by atoms with Crippen molar-refractivity contribution in [1.29, 1.82) is 0 Å². The molecule has 0 radical (unpaired) electrons. The standard InChI is InChI=1S/C19H16ClN7O8S2/c20-13-9(24-18(21)37-13)10(25-33)14(28)23-11-15(29)27-12(17(30)31)6(5-36-16(11)27)1-2-8-3-7(26-35-8)4-34-19(22)32/h1-3,11,16,33H,4-5H2,(H2,21,24)(H2,22,32)(H,23,28)(H,30,31)/b2-1+,25-10-/t11-,16-/m1/s1. The third kappa shape index (κ3) is 5.23. The van der Waals surface area contributed by atoms with Crippen molar-refractivity contribution in [3.05, 3.63) is 44.9 Å². The van der Waals surface area contributed by atoms with Crippen LogP contribution < -0.4 is 16.8 Å². The Morgan fingerprint density at radius 2 is 2.16 bits per heavy atom. The Balaban J connectivity index is 1.48. The fraction of sp³-hybridized carbons (Fsp3) is 0.211. The van der Waals surface area contributed by atoms with Crippen molar-refractivity contribution in [2.24, 2.45) is 10.9 Å². The van der Waals surface area contributed by atoms with Crippen molar-refractivity contribution in [3.8, 4) is 0 Å². The highest BCUT2D eigenvalue weighted by molar-refractivity contribution is 8.00. The number of thiazole rings is 1. The van der Waals surface area contributed by atoms with E-state index >= 15 is 0 Å². The smallest absolute Gasteiger partial charge is 0.404 e. The maximum Gasteiger partial charge on any atom is 0.404 e. The van der Waals surface area contributed by atoms with Crippen LogP contribution in [0.25, 0.3) is 6.08 Å². The summed E-state index contributed by atoms with van der Waals surface area (Å²) in [6.07, 6.45) is 1.92. The number of carboxylic acid groups (broad SMARTS) is 1. The topological polar surface area (TPSA) is 237 Å². The maximum absolute atomic E-state index is 12.8. The first kappa shape index (κ1) is 26.0. The summed E-state index contributed by atoms with van der Waals surface area (Å²) in [4.78, 5) is 53.1. The quantitative estimate of drug-likeness (QED) is 0.127. The molecular weight excluding hydrogens is 554 g/mol. The van der Waals surface area contributed by atoms with E-state index in [1.54, 1.807) is 0 Å². The molecule has 0 unspecified atom stereocenters. The molecule has 15 nitrogen and oxygen atoms in total. The van der Waals surface area contributed by atoms with Crippen LogP contribution in [0.3, 0.4) is 0 Å². The molecule has 1 saturated heterocycles. The Bertz CT molecular complexity index is 1380. The number of hydrogen-bond donors (Lipinski definition) is 5. The number of thioether (sulfide) groups is 1. The summed E-state index contributed by atoms with van der Waals surface area (Å²) in [5.41, 5.74) is 10.1. The minimum Gasteiger partial charge on any atom is -0.477 e. The zero-order valence-corrected chi connectivity index (χ0v) is 20.7. The lowest BCUT2D eigenvalue weighted by molar-refractivity contribution is -0.150. The molecule has 18 heteroatoms. The van der Waals surface area contributed by atoms with Crippen LogP contribution in [0.2, 0.25) is 4.34 Å². The van der Waals surface area contributed by atoms with E-state index in [0.717, 1.165) is 16.2 Å². The number of carbonyl (C=O) groups is 4. The van der Waals surface area contributed by atoms with Gasteiger partial charge in [-0.25, -0.2) is 14.6 Å². The number of carbonyl (C=O) groups excluding carboxylic acids is 3. The number of rotatable bonds is 8. The van der Waals surface area contributed by atoms with Gasteiger partial charge in [0.15, 0.2) is 16.6 Å².